The van der Waals surface area contributed by atoms with Crippen molar-refractivity contribution in [2.24, 2.45) is 5.92 Å². The molecule has 0 aliphatic carbocycles. The summed E-state index contributed by atoms with van der Waals surface area (Å²) in [6.45, 7) is 7.62. The van der Waals surface area contributed by atoms with Crippen LogP contribution in [0.3, 0.4) is 0 Å². The molecule has 1 N–H and O–H groups in total. The topological polar surface area (TPSA) is 90.0 Å². The van der Waals surface area contributed by atoms with Crippen LogP contribution in [0.4, 0.5) is 4.79 Å². The average Bonchev–Trinajstić information content (AvgIpc) is 3.28. The molecule has 3 fully saturated rings. The van der Waals surface area contributed by atoms with Crippen molar-refractivity contribution in [3.8, 4) is 0 Å². The van der Waals surface area contributed by atoms with Crippen molar-refractivity contribution >= 4 is 35.1 Å². The van der Waals surface area contributed by atoms with Crippen LogP contribution in [0.25, 0.3) is 0 Å². The zero-order chi connectivity index (χ0) is 22.3. The summed E-state index contributed by atoms with van der Waals surface area (Å²) in [4.78, 5) is 58.1. The Morgan fingerprint density at radius 2 is 1.84 bits per heavy atom. The van der Waals surface area contributed by atoms with Crippen LogP contribution in [-0.2, 0) is 9.59 Å². The Balaban J connectivity index is 1.44. The summed E-state index contributed by atoms with van der Waals surface area (Å²) in [5, 5.41) is 2.93. The summed E-state index contributed by atoms with van der Waals surface area (Å²) < 4.78 is 0. The minimum Gasteiger partial charge on any atom is -0.342 e. The molecule has 168 valence electrons. The Bertz CT molecular complexity index is 903. The third-order valence-electron chi connectivity index (χ3n) is 6.62. The highest BCUT2D eigenvalue weighted by molar-refractivity contribution is 7.13. The highest BCUT2D eigenvalue weighted by Crippen LogP contribution is 2.33. The average molecular weight is 447 g/mol. The van der Waals surface area contributed by atoms with Gasteiger partial charge in [-0.25, -0.2) is 4.79 Å². The monoisotopic (exact) mass is 446 g/mol. The lowest BCUT2D eigenvalue weighted by molar-refractivity contribution is -0.141. The fourth-order valence-corrected chi connectivity index (χ4v) is 5.68. The minimum absolute atomic E-state index is 0.0370. The summed E-state index contributed by atoms with van der Waals surface area (Å²) in [6.07, 6.45) is 2.30. The van der Waals surface area contributed by atoms with Gasteiger partial charge in [-0.1, -0.05) is 13.8 Å². The van der Waals surface area contributed by atoms with Crippen LogP contribution in [0.15, 0.2) is 12.1 Å². The molecular formula is C22H30N4O4S. The molecule has 3 aliphatic rings. The van der Waals surface area contributed by atoms with Gasteiger partial charge >= 0.3 is 6.03 Å². The van der Waals surface area contributed by atoms with E-state index in [-0.39, 0.29) is 35.7 Å². The number of urea groups is 1. The first kappa shape index (κ1) is 21.8. The molecule has 8 nitrogen and oxygen atoms in total. The molecule has 31 heavy (non-hydrogen) atoms. The van der Waals surface area contributed by atoms with Crippen LogP contribution in [-0.4, -0.2) is 76.2 Å². The van der Waals surface area contributed by atoms with Gasteiger partial charge in [0.25, 0.3) is 11.8 Å². The molecule has 9 heteroatoms. The van der Waals surface area contributed by atoms with E-state index >= 15 is 0 Å². The lowest BCUT2D eigenvalue weighted by Gasteiger charge is -2.39. The zero-order valence-corrected chi connectivity index (χ0v) is 19.2. The fraction of sp³-hybridized carbons (Fsp3) is 0.636. The van der Waals surface area contributed by atoms with Crippen molar-refractivity contribution in [3.05, 3.63) is 21.9 Å². The Labute approximate surface area is 186 Å². The lowest BCUT2D eigenvalue weighted by Crippen LogP contribution is -2.57. The first-order chi connectivity index (χ1) is 14.7. The molecule has 4 rings (SSSR count). The van der Waals surface area contributed by atoms with Crippen LogP contribution in [0, 0.1) is 12.8 Å². The number of rotatable bonds is 3. The Morgan fingerprint density at radius 3 is 2.45 bits per heavy atom. The van der Waals surface area contributed by atoms with E-state index in [1.165, 1.54) is 16.2 Å². The molecule has 5 amide bonds. The molecule has 0 aromatic carbocycles. The summed E-state index contributed by atoms with van der Waals surface area (Å²) >= 11 is 1.46. The quantitative estimate of drug-likeness (QED) is 0.721. The van der Waals surface area contributed by atoms with Gasteiger partial charge in [0.05, 0.1) is 10.9 Å². The number of imide groups is 1. The second-order valence-electron chi connectivity index (χ2n) is 9.12. The van der Waals surface area contributed by atoms with Crippen molar-refractivity contribution in [1.29, 1.82) is 0 Å². The van der Waals surface area contributed by atoms with Gasteiger partial charge in [-0.2, -0.15) is 0 Å². The number of piperidine rings is 2. The van der Waals surface area contributed by atoms with Crippen LogP contribution >= 0.6 is 11.3 Å². The number of hydrogen-bond acceptors (Lipinski definition) is 5. The molecule has 0 bridgehead atoms. The molecule has 3 aliphatic heterocycles. The highest BCUT2D eigenvalue weighted by atomic mass is 32.1. The van der Waals surface area contributed by atoms with E-state index in [0.717, 1.165) is 11.3 Å². The van der Waals surface area contributed by atoms with E-state index in [1.54, 1.807) is 9.80 Å². The molecule has 0 radical (unpaired) electrons. The molecule has 0 saturated carbocycles. The third-order valence-corrected chi connectivity index (χ3v) is 7.60. The summed E-state index contributed by atoms with van der Waals surface area (Å²) in [7, 11) is 0. The number of aryl methyl sites for hydroxylation is 1. The van der Waals surface area contributed by atoms with Crippen LogP contribution in [0.5, 0.6) is 0 Å². The molecule has 3 saturated heterocycles. The summed E-state index contributed by atoms with van der Waals surface area (Å²) in [5.74, 6) is -0.253. The SMILES string of the molecule is Cc1ccc(C(=O)N2CCC[C@@H](N3C(=O)NC4(CCN(C(=O)C(C)C)CC4)C3=O)C2)s1. The van der Waals surface area contributed by atoms with Crippen molar-refractivity contribution in [3.63, 3.8) is 0 Å². The van der Waals surface area contributed by atoms with Gasteiger partial charge in [-0.3, -0.25) is 19.3 Å². The van der Waals surface area contributed by atoms with Crippen molar-refractivity contribution in [1.82, 2.24) is 20.0 Å². The van der Waals surface area contributed by atoms with E-state index < -0.39 is 5.54 Å². The zero-order valence-electron chi connectivity index (χ0n) is 18.3. The van der Waals surface area contributed by atoms with E-state index in [4.69, 9.17) is 0 Å². The summed E-state index contributed by atoms with van der Waals surface area (Å²) in [5.41, 5.74) is -0.929. The number of amides is 5. The smallest absolute Gasteiger partial charge is 0.325 e. The van der Waals surface area contributed by atoms with Crippen molar-refractivity contribution in [2.75, 3.05) is 26.2 Å². The predicted octanol–water partition coefficient (Wildman–Crippen LogP) is 2.23. The van der Waals surface area contributed by atoms with Crippen LogP contribution < -0.4 is 5.32 Å². The van der Waals surface area contributed by atoms with Gasteiger partial charge in [-0.05, 0) is 44.7 Å². The fourth-order valence-electron chi connectivity index (χ4n) is 4.84. The number of carbonyl (C=O) groups excluding carboxylic acids is 4. The maximum absolute atomic E-state index is 13.4. The molecule has 4 heterocycles. The van der Waals surface area contributed by atoms with Gasteiger partial charge in [0, 0.05) is 37.0 Å². The predicted molar refractivity (Wildman–Crippen MR) is 117 cm³/mol. The number of carbonyl (C=O) groups is 4. The van der Waals surface area contributed by atoms with Gasteiger partial charge in [0.1, 0.15) is 5.54 Å². The first-order valence-electron chi connectivity index (χ1n) is 11.0. The van der Waals surface area contributed by atoms with Gasteiger partial charge < -0.3 is 15.1 Å². The molecule has 1 aromatic rings. The summed E-state index contributed by atoms with van der Waals surface area (Å²) in [6, 6.07) is 3.07. The lowest BCUT2D eigenvalue weighted by atomic mass is 9.86. The second kappa shape index (κ2) is 8.26. The number of nitrogens with zero attached hydrogens (tertiary/aromatic N) is 3. The molecule has 1 aromatic heterocycles. The number of nitrogens with one attached hydrogen (secondary N) is 1. The normalized spacial score (nSPS) is 23.6. The van der Waals surface area contributed by atoms with Crippen molar-refractivity contribution in [2.45, 2.75) is 58.0 Å². The highest BCUT2D eigenvalue weighted by Gasteiger charge is 2.55. The Morgan fingerprint density at radius 1 is 1.13 bits per heavy atom. The van der Waals surface area contributed by atoms with E-state index in [0.29, 0.717) is 50.3 Å². The largest absolute Gasteiger partial charge is 0.342 e. The maximum Gasteiger partial charge on any atom is 0.325 e. The Hall–Kier alpha value is -2.42. The number of likely N-dealkylation sites (tertiary alicyclic amines) is 2. The number of thiophene rings is 1. The van der Waals surface area contributed by atoms with Gasteiger partial charge in [0.15, 0.2) is 0 Å². The first-order valence-corrected chi connectivity index (χ1v) is 11.8. The molecule has 0 unspecified atom stereocenters. The van der Waals surface area contributed by atoms with Gasteiger partial charge in [0.2, 0.25) is 5.91 Å². The minimum atomic E-state index is -0.929. The van der Waals surface area contributed by atoms with Crippen LogP contribution in [0.1, 0.15) is 54.1 Å². The Kier molecular flexibility index (Phi) is 5.81. The van der Waals surface area contributed by atoms with Gasteiger partial charge in [-0.15, -0.1) is 11.3 Å². The second-order valence-corrected chi connectivity index (χ2v) is 10.4. The van der Waals surface area contributed by atoms with E-state index in [2.05, 4.69) is 5.32 Å². The molecule has 1 atom stereocenters. The third kappa shape index (κ3) is 3.95. The van der Waals surface area contributed by atoms with Crippen molar-refractivity contribution < 1.29 is 19.2 Å². The maximum atomic E-state index is 13.4. The number of hydrogen-bond donors (Lipinski definition) is 1. The van der Waals surface area contributed by atoms with E-state index in [9.17, 15) is 19.2 Å². The van der Waals surface area contributed by atoms with Crippen LogP contribution in [0.2, 0.25) is 0 Å². The van der Waals surface area contributed by atoms with E-state index in [1.807, 2.05) is 32.9 Å². The molecule has 1 spiro atoms. The molecular weight excluding hydrogens is 416 g/mol. The standard InChI is InChI=1S/C22H30N4O4S/c1-14(2)18(27)24-11-8-22(9-12-24)20(29)26(21(30)23-22)16-5-4-10-25(13-16)19(28)17-7-6-15(3)31-17/h6-7,14,16H,4-5,8-13H2,1-3H3,(H,23,30)/t16-/m1/s1.